The van der Waals surface area contributed by atoms with Gasteiger partial charge in [0.15, 0.2) is 0 Å². The lowest BCUT2D eigenvalue weighted by atomic mass is 10.1. The van der Waals surface area contributed by atoms with Gasteiger partial charge in [-0.05, 0) is 30.9 Å². The normalized spacial score (nSPS) is 18.9. The molecule has 2 amide bonds. The van der Waals surface area contributed by atoms with E-state index in [2.05, 4.69) is 30.2 Å². The van der Waals surface area contributed by atoms with Gasteiger partial charge < -0.3 is 10.2 Å². The molecule has 2 heterocycles. The average molecular weight is 307 g/mol. The third-order valence-electron chi connectivity index (χ3n) is 3.79. The van der Waals surface area contributed by atoms with Crippen LogP contribution in [-0.2, 0) is 6.42 Å². The molecule has 1 aromatic rings. The number of hydrogen-bond acceptors (Lipinski definition) is 3. The maximum atomic E-state index is 12.2. The molecular weight excluding hydrogens is 282 g/mol. The molecule has 0 aliphatic carbocycles. The molecule has 1 aliphatic heterocycles. The smallest absolute Gasteiger partial charge is 0.317 e. The first-order chi connectivity index (χ1) is 10.1. The second-order valence-corrected chi connectivity index (χ2v) is 7.24. The van der Waals surface area contributed by atoms with Crippen molar-refractivity contribution in [3.05, 3.63) is 29.6 Å². The van der Waals surface area contributed by atoms with E-state index in [1.165, 1.54) is 0 Å². The monoisotopic (exact) mass is 307 g/mol. The molecule has 1 N–H and O–H groups in total. The van der Waals surface area contributed by atoms with Crippen LogP contribution in [0.15, 0.2) is 18.3 Å². The molecule has 1 fully saturated rings. The van der Waals surface area contributed by atoms with E-state index in [0.717, 1.165) is 36.5 Å². The molecule has 21 heavy (non-hydrogen) atoms. The van der Waals surface area contributed by atoms with E-state index in [1.807, 2.05) is 35.8 Å². The van der Waals surface area contributed by atoms with Crippen LogP contribution in [0.4, 0.5) is 4.79 Å². The second-order valence-electron chi connectivity index (χ2n) is 5.89. The highest BCUT2D eigenvalue weighted by molar-refractivity contribution is 8.00. The number of nitrogens with one attached hydrogen (secondary N) is 1. The quantitative estimate of drug-likeness (QED) is 0.930. The number of rotatable bonds is 4. The van der Waals surface area contributed by atoms with Crippen molar-refractivity contribution in [3.63, 3.8) is 0 Å². The third-order valence-corrected chi connectivity index (χ3v) is 5.33. The maximum Gasteiger partial charge on any atom is 0.317 e. The summed E-state index contributed by atoms with van der Waals surface area (Å²) < 4.78 is 0. The molecule has 2 rings (SSSR count). The topological polar surface area (TPSA) is 45.2 Å². The van der Waals surface area contributed by atoms with E-state index < -0.39 is 0 Å². The number of urea groups is 1. The summed E-state index contributed by atoms with van der Waals surface area (Å²) >= 11 is 1.98. The standard InChI is InChI=1S/C16H25N3OS/c1-12(2)15-11-19(8-9-21-15)16(20)17-7-6-14-5-4-13(3)18-10-14/h4-5,10,12,15H,6-9,11H2,1-3H3,(H,17,20)/t15-/m0/s1. The zero-order chi connectivity index (χ0) is 15.2. The second kappa shape index (κ2) is 7.69. The number of aryl methyl sites for hydroxylation is 1. The first kappa shape index (κ1) is 16.1. The van der Waals surface area contributed by atoms with Crippen LogP contribution >= 0.6 is 11.8 Å². The van der Waals surface area contributed by atoms with E-state index in [9.17, 15) is 4.79 Å². The number of hydrogen-bond donors (Lipinski definition) is 1. The Morgan fingerprint density at radius 1 is 1.52 bits per heavy atom. The summed E-state index contributed by atoms with van der Waals surface area (Å²) in [6.07, 6.45) is 2.71. The van der Waals surface area contributed by atoms with Crippen LogP contribution in [0.3, 0.4) is 0 Å². The molecule has 0 unspecified atom stereocenters. The van der Waals surface area contributed by atoms with Crippen molar-refractivity contribution >= 4 is 17.8 Å². The zero-order valence-electron chi connectivity index (χ0n) is 13.1. The number of nitrogens with zero attached hydrogens (tertiary/aromatic N) is 2. The van der Waals surface area contributed by atoms with Crippen LogP contribution < -0.4 is 5.32 Å². The molecular formula is C16H25N3OS. The van der Waals surface area contributed by atoms with Crippen LogP contribution in [0.2, 0.25) is 0 Å². The van der Waals surface area contributed by atoms with Crippen LogP contribution in [0.25, 0.3) is 0 Å². The van der Waals surface area contributed by atoms with Crippen molar-refractivity contribution in [2.75, 3.05) is 25.4 Å². The summed E-state index contributed by atoms with van der Waals surface area (Å²) in [5.74, 6) is 1.65. The number of aromatic nitrogens is 1. The van der Waals surface area contributed by atoms with Gasteiger partial charge in [-0.2, -0.15) is 11.8 Å². The largest absolute Gasteiger partial charge is 0.338 e. The molecule has 116 valence electrons. The molecule has 0 spiro atoms. The van der Waals surface area contributed by atoms with Gasteiger partial charge in [0.1, 0.15) is 0 Å². The Kier molecular flexibility index (Phi) is 5.91. The molecule has 0 bridgehead atoms. The number of amides is 2. The molecule has 0 saturated carbocycles. The number of thioether (sulfide) groups is 1. The molecule has 0 aromatic carbocycles. The lowest BCUT2D eigenvalue weighted by Gasteiger charge is -2.34. The summed E-state index contributed by atoms with van der Waals surface area (Å²) in [7, 11) is 0. The number of pyridine rings is 1. The number of carbonyl (C=O) groups excluding carboxylic acids is 1. The Morgan fingerprint density at radius 3 is 3.00 bits per heavy atom. The van der Waals surface area contributed by atoms with E-state index in [-0.39, 0.29) is 6.03 Å². The Labute approximate surface area is 131 Å². The van der Waals surface area contributed by atoms with Gasteiger partial charge >= 0.3 is 6.03 Å². The van der Waals surface area contributed by atoms with Gasteiger partial charge in [0.05, 0.1) is 0 Å². The first-order valence-electron chi connectivity index (χ1n) is 7.62. The van der Waals surface area contributed by atoms with E-state index >= 15 is 0 Å². The van der Waals surface area contributed by atoms with E-state index in [1.54, 1.807) is 0 Å². The highest BCUT2D eigenvalue weighted by Gasteiger charge is 2.25. The van der Waals surface area contributed by atoms with Gasteiger partial charge in [0.25, 0.3) is 0 Å². The molecule has 5 heteroatoms. The van der Waals surface area contributed by atoms with Crippen molar-refractivity contribution < 1.29 is 4.79 Å². The third kappa shape index (κ3) is 4.92. The first-order valence-corrected chi connectivity index (χ1v) is 8.67. The Morgan fingerprint density at radius 2 is 2.33 bits per heavy atom. The van der Waals surface area contributed by atoms with Crippen molar-refractivity contribution in [2.45, 2.75) is 32.4 Å². The van der Waals surface area contributed by atoms with Crippen molar-refractivity contribution in [1.82, 2.24) is 15.2 Å². The maximum absolute atomic E-state index is 12.2. The highest BCUT2D eigenvalue weighted by Crippen LogP contribution is 2.24. The minimum absolute atomic E-state index is 0.0704. The Hall–Kier alpha value is -1.23. The minimum Gasteiger partial charge on any atom is -0.338 e. The van der Waals surface area contributed by atoms with Crippen LogP contribution in [0.5, 0.6) is 0 Å². The fraction of sp³-hybridized carbons (Fsp3) is 0.625. The van der Waals surface area contributed by atoms with Crippen LogP contribution in [0.1, 0.15) is 25.1 Å². The average Bonchev–Trinajstić information content (AvgIpc) is 2.49. The lowest BCUT2D eigenvalue weighted by Crippen LogP contribution is -2.48. The molecule has 4 nitrogen and oxygen atoms in total. The fourth-order valence-corrected chi connectivity index (χ4v) is 3.63. The van der Waals surface area contributed by atoms with Crippen molar-refractivity contribution in [1.29, 1.82) is 0 Å². The van der Waals surface area contributed by atoms with Crippen molar-refractivity contribution in [3.8, 4) is 0 Å². The summed E-state index contributed by atoms with van der Waals surface area (Å²) in [6.45, 7) is 8.81. The zero-order valence-corrected chi connectivity index (χ0v) is 13.9. The van der Waals surface area contributed by atoms with Crippen molar-refractivity contribution in [2.24, 2.45) is 5.92 Å². The highest BCUT2D eigenvalue weighted by atomic mass is 32.2. The summed E-state index contributed by atoms with van der Waals surface area (Å²) in [6, 6.07) is 4.15. The molecule has 1 atom stereocenters. The van der Waals surface area contributed by atoms with Crippen LogP contribution in [0, 0.1) is 12.8 Å². The van der Waals surface area contributed by atoms with Gasteiger partial charge in [-0.3, -0.25) is 4.98 Å². The summed E-state index contributed by atoms with van der Waals surface area (Å²) in [5.41, 5.74) is 2.18. The number of carbonyl (C=O) groups is 1. The summed E-state index contributed by atoms with van der Waals surface area (Å²) in [5, 5.41) is 3.59. The van der Waals surface area contributed by atoms with Gasteiger partial charge in [-0.25, -0.2) is 4.79 Å². The predicted octanol–water partition coefficient (Wildman–Crippen LogP) is 2.72. The Balaban J connectivity index is 1.75. The molecule has 1 aliphatic rings. The summed E-state index contributed by atoms with van der Waals surface area (Å²) in [4.78, 5) is 18.4. The van der Waals surface area contributed by atoms with Gasteiger partial charge in [-0.15, -0.1) is 0 Å². The van der Waals surface area contributed by atoms with Crippen LogP contribution in [-0.4, -0.2) is 46.6 Å². The fourth-order valence-electron chi connectivity index (χ4n) is 2.34. The van der Waals surface area contributed by atoms with Gasteiger partial charge in [0.2, 0.25) is 0 Å². The van der Waals surface area contributed by atoms with E-state index in [0.29, 0.717) is 17.7 Å². The SMILES string of the molecule is Cc1ccc(CCNC(=O)N2CCS[C@H](C(C)C)C2)cn1. The van der Waals surface area contributed by atoms with Gasteiger partial charge in [-0.1, -0.05) is 19.9 Å². The molecule has 0 radical (unpaired) electrons. The molecule has 1 aromatic heterocycles. The predicted molar refractivity (Wildman–Crippen MR) is 88.7 cm³/mol. The van der Waals surface area contributed by atoms with E-state index in [4.69, 9.17) is 0 Å². The molecule has 1 saturated heterocycles. The lowest BCUT2D eigenvalue weighted by molar-refractivity contribution is 0.197. The van der Waals surface area contributed by atoms with Gasteiger partial charge in [0, 0.05) is 42.5 Å². The minimum atomic E-state index is 0.0704. The Bertz CT molecular complexity index is 461.